The van der Waals surface area contributed by atoms with E-state index >= 15 is 0 Å². The number of aromatic nitrogens is 1. The van der Waals surface area contributed by atoms with Gasteiger partial charge in [-0.15, -0.1) is 0 Å². The van der Waals surface area contributed by atoms with E-state index in [1.165, 1.54) is 111 Å². The van der Waals surface area contributed by atoms with Crippen molar-refractivity contribution in [2.45, 2.75) is 26.2 Å². The van der Waals surface area contributed by atoms with Gasteiger partial charge < -0.3 is 14.3 Å². The fraction of sp³-hybridized carbons (Fsp3) is 0.0625. The van der Waals surface area contributed by atoms with Crippen molar-refractivity contribution in [2.75, 3.05) is 9.71 Å². The summed E-state index contributed by atoms with van der Waals surface area (Å²) in [6.45, 7) is 6.87. The van der Waals surface area contributed by atoms with Gasteiger partial charge in [-0.2, -0.15) is 0 Å². The molecule has 11 aromatic rings. The minimum atomic E-state index is -0.177. The lowest BCUT2D eigenvalue weighted by Gasteiger charge is -2.43. The SMILES string of the molecule is Cc1ccc(N2B3c4cc5c(cc4-n4c6ccccc6c6c(-c7ccccc7-c7ccccc7)cc(c3c64)-c3ccc(N(c4ccccc4)c4ccccc4)cc32)-c2ccccc2C5(C)C)cc1. The Kier molecular flexibility index (Phi) is 8.34. The van der Waals surface area contributed by atoms with Crippen molar-refractivity contribution in [3.05, 3.63) is 241 Å². The Morgan fingerprint density at radius 3 is 1.81 bits per heavy atom. The van der Waals surface area contributed by atoms with Crippen molar-refractivity contribution in [3.8, 4) is 50.2 Å². The molecular formula is C64H46BN3. The second-order valence-electron chi connectivity index (χ2n) is 19.3. The predicted octanol–water partition coefficient (Wildman–Crippen LogP) is 15.4. The van der Waals surface area contributed by atoms with E-state index in [4.69, 9.17) is 0 Å². The van der Waals surface area contributed by atoms with Gasteiger partial charge in [0.2, 0.25) is 0 Å². The zero-order valence-electron chi connectivity index (χ0n) is 38.3. The Balaban J connectivity index is 1.15. The van der Waals surface area contributed by atoms with Gasteiger partial charge in [0.1, 0.15) is 0 Å². The molecule has 3 heterocycles. The summed E-state index contributed by atoms with van der Waals surface area (Å²) in [5.74, 6) is 0. The Labute approximate surface area is 397 Å². The standard InChI is InChI=1S/C64H46BN3/c1-41-31-33-45(34-32-41)68-59-37-46(66(43-21-9-5-10-22-43)44-23-11-6-12-24-44)35-36-50(59)54-38-53(48-26-14-13-25-47(48)42-19-7-4-8-20-42)61-51-28-16-18-30-58(51)67-60-39-52-49-27-15-17-29-55(49)64(2,3)56(52)40-57(60)65(68)62(54)63(61)67/h4-40H,1-3H3. The Bertz CT molecular complexity index is 3790. The average Bonchev–Trinajstić information content (AvgIpc) is 3.85. The van der Waals surface area contributed by atoms with Gasteiger partial charge in [-0.3, -0.25) is 0 Å². The van der Waals surface area contributed by atoms with E-state index in [1.54, 1.807) is 0 Å². The fourth-order valence-corrected chi connectivity index (χ4v) is 12.1. The number of para-hydroxylation sites is 3. The summed E-state index contributed by atoms with van der Waals surface area (Å²) >= 11 is 0. The van der Waals surface area contributed by atoms with E-state index in [-0.39, 0.29) is 12.3 Å². The quantitative estimate of drug-likeness (QED) is 0.154. The highest BCUT2D eigenvalue weighted by molar-refractivity contribution is 6.94. The third-order valence-electron chi connectivity index (χ3n) is 15.2. The number of anilines is 5. The number of nitrogens with zero attached hydrogens (tertiary/aromatic N) is 3. The maximum Gasteiger partial charge on any atom is 0.333 e. The van der Waals surface area contributed by atoms with Crippen LogP contribution in [0.2, 0.25) is 0 Å². The van der Waals surface area contributed by atoms with Gasteiger partial charge in [0.05, 0.1) is 11.0 Å². The van der Waals surface area contributed by atoms with Gasteiger partial charge >= 0.3 is 6.85 Å². The molecule has 0 saturated carbocycles. The smallest absolute Gasteiger partial charge is 0.333 e. The molecule has 2 aliphatic heterocycles. The highest BCUT2D eigenvalue weighted by atomic mass is 15.2. The molecule has 0 amide bonds. The van der Waals surface area contributed by atoms with Gasteiger partial charge in [-0.25, -0.2) is 0 Å². The third kappa shape index (κ3) is 5.49. The fourth-order valence-electron chi connectivity index (χ4n) is 12.1. The van der Waals surface area contributed by atoms with Gasteiger partial charge in [-0.1, -0.05) is 177 Å². The maximum atomic E-state index is 2.67. The Hall–Kier alpha value is -8.34. The van der Waals surface area contributed by atoms with E-state index in [1.807, 2.05) is 0 Å². The molecular weight excluding hydrogens is 822 g/mol. The first-order chi connectivity index (χ1) is 33.4. The average molecular weight is 868 g/mol. The van der Waals surface area contributed by atoms with E-state index in [9.17, 15) is 0 Å². The largest absolute Gasteiger partial charge is 0.376 e. The topological polar surface area (TPSA) is 11.4 Å². The molecule has 320 valence electrons. The van der Waals surface area contributed by atoms with E-state index < -0.39 is 0 Å². The van der Waals surface area contributed by atoms with Crippen molar-refractivity contribution in [1.82, 2.24) is 4.57 Å². The van der Waals surface area contributed by atoms with Crippen LogP contribution in [0.25, 0.3) is 72.0 Å². The first-order valence-electron chi connectivity index (χ1n) is 23.9. The van der Waals surface area contributed by atoms with Crippen molar-refractivity contribution in [3.63, 3.8) is 0 Å². The molecule has 14 rings (SSSR count). The zero-order valence-corrected chi connectivity index (χ0v) is 38.3. The van der Waals surface area contributed by atoms with Gasteiger partial charge in [0.15, 0.2) is 0 Å². The first kappa shape index (κ1) is 38.9. The lowest BCUT2D eigenvalue weighted by Crippen LogP contribution is -2.60. The number of fused-ring (bicyclic) bond motifs is 11. The second-order valence-corrected chi connectivity index (χ2v) is 19.3. The number of hydrogen-bond acceptors (Lipinski definition) is 2. The number of aryl methyl sites for hydroxylation is 1. The summed E-state index contributed by atoms with van der Waals surface area (Å²) < 4.78 is 2.64. The molecule has 1 aliphatic carbocycles. The predicted molar refractivity (Wildman–Crippen MR) is 288 cm³/mol. The van der Waals surface area contributed by atoms with Crippen LogP contribution in [0.3, 0.4) is 0 Å². The van der Waals surface area contributed by atoms with Crippen LogP contribution in [-0.2, 0) is 5.41 Å². The van der Waals surface area contributed by atoms with Crippen molar-refractivity contribution in [1.29, 1.82) is 0 Å². The highest BCUT2D eigenvalue weighted by Gasteiger charge is 2.47. The molecule has 3 aliphatic rings. The number of rotatable bonds is 6. The van der Waals surface area contributed by atoms with E-state index in [2.05, 4.69) is 260 Å². The third-order valence-corrected chi connectivity index (χ3v) is 15.2. The minimum absolute atomic E-state index is 0.144. The lowest BCUT2D eigenvalue weighted by atomic mass is 9.43. The summed E-state index contributed by atoms with van der Waals surface area (Å²) in [6.07, 6.45) is 0. The maximum absolute atomic E-state index is 2.67. The molecule has 0 N–H and O–H groups in total. The van der Waals surface area contributed by atoms with Crippen LogP contribution < -0.4 is 20.6 Å². The second kappa shape index (κ2) is 14.6. The molecule has 1 aromatic heterocycles. The molecule has 0 fully saturated rings. The molecule has 0 unspecified atom stereocenters. The monoisotopic (exact) mass is 867 g/mol. The molecule has 0 spiro atoms. The van der Waals surface area contributed by atoms with Crippen molar-refractivity contribution >= 4 is 68.0 Å². The normalized spacial score (nSPS) is 13.6. The van der Waals surface area contributed by atoms with Crippen LogP contribution in [0.15, 0.2) is 224 Å². The lowest BCUT2D eigenvalue weighted by molar-refractivity contribution is 0.661. The Morgan fingerprint density at radius 1 is 0.441 bits per heavy atom. The summed E-state index contributed by atoms with van der Waals surface area (Å²) in [4.78, 5) is 5.07. The summed E-state index contributed by atoms with van der Waals surface area (Å²) in [5, 5.41) is 2.56. The number of benzene rings is 10. The van der Waals surface area contributed by atoms with Crippen LogP contribution in [0, 0.1) is 6.92 Å². The molecule has 0 bridgehead atoms. The first-order valence-corrected chi connectivity index (χ1v) is 23.9. The Morgan fingerprint density at radius 2 is 1.07 bits per heavy atom. The molecule has 0 radical (unpaired) electrons. The van der Waals surface area contributed by atoms with Crippen LogP contribution in [0.4, 0.5) is 28.4 Å². The summed E-state index contributed by atoms with van der Waals surface area (Å²) in [6, 6.07) is 83.8. The van der Waals surface area contributed by atoms with Crippen LogP contribution in [0.5, 0.6) is 0 Å². The van der Waals surface area contributed by atoms with Gasteiger partial charge in [0.25, 0.3) is 0 Å². The molecule has 4 heteroatoms. The van der Waals surface area contributed by atoms with Crippen LogP contribution in [0.1, 0.15) is 30.5 Å². The van der Waals surface area contributed by atoms with Gasteiger partial charge in [0, 0.05) is 55.9 Å². The summed E-state index contributed by atoms with van der Waals surface area (Å²) in [7, 11) is 0. The number of hydrogen-bond donors (Lipinski definition) is 0. The zero-order chi connectivity index (χ0) is 45.3. The molecule has 3 nitrogen and oxygen atoms in total. The minimum Gasteiger partial charge on any atom is -0.376 e. The van der Waals surface area contributed by atoms with Gasteiger partial charge in [-0.05, 0) is 135 Å². The van der Waals surface area contributed by atoms with Crippen LogP contribution >= 0.6 is 0 Å². The molecule has 0 atom stereocenters. The molecule has 68 heavy (non-hydrogen) atoms. The van der Waals surface area contributed by atoms with Crippen molar-refractivity contribution in [2.24, 2.45) is 0 Å². The van der Waals surface area contributed by atoms with E-state index in [0.717, 1.165) is 17.1 Å². The molecule has 0 saturated heterocycles. The van der Waals surface area contributed by atoms with Crippen molar-refractivity contribution < 1.29 is 0 Å². The van der Waals surface area contributed by atoms with E-state index in [0.29, 0.717) is 0 Å². The highest BCUT2D eigenvalue weighted by Crippen LogP contribution is 2.53. The summed E-state index contributed by atoms with van der Waals surface area (Å²) in [5.41, 5.74) is 26.0. The van der Waals surface area contributed by atoms with Crippen LogP contribution in [-0.4, -0.2) is 11.4 Å². The molecule has 10 aromatic carbocycles.